The highest BCUT2D eigenvalue weighted by molar-refractivity contribution is 5.95. The molecular formula is C21H25N3O3. The van der Waals surface area contributed by atoms with Gasteiger partial charge in [0.05, 0.1) is 18.9 Å². The van der Waals surface area contributed by atoms with E-state index in [1.807, 2.05) is 23.1 Å². The lowest BCUT2D eigenvalue weighted by atomic mass is 9.78. The van der Waals surface area contributed by atoms with Crippen LogP contribution in [-0.4, -0.2) is 40.3 Å². The van der Waals surface area contributed by atoms with Crippen molar-refractivity contribution in [2.45, 2.75) is 44.6 Å². The fourth-order valence-electron chi connectivity index (χ4n) is 4.51. The van der Waals surface area contributed by atoms with Crippen LogP contribution in [0.3, 0.4) is 0 Å². The van der Waals surface area contributed by atoms with E-state index in [-0.39, 0.29) is 29.0 Å². The molecule has 1 aliphatic heterocycles. The second kappa shape index (κ2) is 7.55. The summed E-state index contributed by atoms with van der Waals surface area (Å²) in [6.45, 7) is 0.745. The lowest BCUT2D eigenvalue weighted by molar-refractivity contribution is 0.0380. The summed E-state index contributed by atoms with van der Waals surface area (Å²) in [5, 5.41) is 4.41. The lowest BCUT2D eigenvalue weighted by Crippen LogP contribution is -2.50. The summed E-state index contributed by atoms with van der Waals surface area (Å²) in [6, 6.07) is 10.8. The number of nitrogens with zero attached hydrogens (tertiary/aromatic N) is 3. The maximum atomic E-state index is 13.4. The Morgan fingerprint density at radius 2 is 1.85 bits per heavy atom. The Morgan fingerprint density at radius 1 is 1.11 bits per heavy atom. The van der Waals surface area contributed by atoms with Gasteiger partial charge in [-0.05, 0) is 43.7 Å². The standard InChI is InChI=1S/C21H25N3O3/c1-27-18-14-19(25)24(16-10-3-2-4-11-16)22-20(18)21(26)23-13-7-9-15-8-5-6-12-17(15)23/h2-4,10-11,14-15,17H,5-9,12-13H2,1H3/t15-,17-/m1/s1. The van der Waals surface area contributed by atoms with Gasteiger partial charge in [-0.3, -0.25) is 9.59 Å². The zero-order chi connectivity index (χ0) is 18.8. The largest absolute Gasteiger partial charge is 0.494 e. The van der Waals surface area contributed by atoms with E-state index in [4.69, 9.17) is 4.74 Å². The van der Waals surface area contributed by atoms with Gasteiger partial charge in [0.25, 0.3) is 11.5 Å². The normalized spacial score (nSPS) is 22.2. The average Bonchev–Trinajstić information content (AvgIpc) is 2.73. The molecule has 6 nitrogen and oxygen atoms in total. The fourth-order valence-corrected chi connectivity index (χ4v) is 4.51. The summed E-state index contributed by atoms with van der Waals surface area (Å²) < 4.78 is 6.62. The first-order chi connectivity index (χ1) is 13.2. The van der Waals surface area contributed by atoms with Gasteiger partial charge in [-0.25, -0.2) is 0 Å². The average molecular weight is 367 g/mol. The molecule has 6 heteroatoms. The number of benzene rings is 1. The summed E-state index contributed by atoms with van der Waals surface area (Å²) in [5.41, 5.74) is 0.532. The Labute approximate surface area is 158 Å². The number of amides is 1. The number of para-hydroxylation sites is 1. The number of hydrogen-bond donors (Lipinski definition) is 0. The Kier molecular flexibility index (Phi) is 4.97. The van der Waals surface area contributed by atoms with Gasteiger partial charge in [0.1, 0.15) is 0 Å². The van der Waals surface area contributed by atoms with Crippen molar-refractivity contribution in [2.24, 2.45) is 5.92 Å². The Morgan fingerprint density at radius 3 is 2.63 bits per heavy atom. The number of fused-ring (bicyclic) bond motifs is 1. The number of carbonyl (C=O) groups is 1. The predicted octanol–water partition coefficient (Wildman–Crippen LogP) is 3.04. The number of carbonyl (C=O) groups excluding carboxylic acids is 1. The molecule has 1 aliphatic carbocycles. The minimum atomic E-state index is -0.316. The molecule has 0 spiro atoms. The van der Waals surface area contributed by atoms with Crippen LogP contribution in [0.4, 0.5) is 0 Å². The van der Waals surface area contributed by atoms with Crippen LogP contribution < -0.4 is 10.3 Å². The van der Waals surface area contributed by atoms with E-state index >= 15 is 0 Å². The predicted molar refractivity (Wildman–Crippen MR) is 102 cm³/mol. The van der Waals surface area contributed by atoms with Gasteiger partial charge in [-0.15, -0.1) is 0 Å². The van der Waals surface area contributed by atoms with Crippen LogP contribution in [-0.2, 0) is 0 Å². The molecule has 1 aromatic carbocycles. The first kappa shape index (κ1) is 17.8. The van der Waals surface area contributed by atoms with E-state index < -0.39 is 0 Å². The maximum Gasteiger partial charge on any atom is 0.278 e. The molecule has 2 aliphatic rings. The highest BCUT2D eigenvalue weighted by Gasteiger charge is 2.37. The molecule has 4 rings (SSSR count). The van der Waals surface area contributed by atoms with E-state index in [9.17, 15) is 9.59 Å². The van der Waals surface area contributed by atoms with Crippen molar-refractivity contribution >= 4 is 5.91 Å². The summed E-state index contributed by atoms with van der Waals surface area (Å²) in [4.78, 5) is 27.8. The molecule has 2 atom stereocenters. The highest BCUT2D eigenvalue weighted by atomic mass is 16.5. The van der Waals surface area contributed by atoms with E-state index in [1.165, 1.54) is 43.5 Å². The number of rotatable bonds is 3. The molecule has 1 saturated carbocycles. The molecule has 2 heterocycles. The first-order valence-corrected chi connectivity index (χ1v) is 9.74. The quantitative estimate of drug-likeness (QED) is 0.836. The van der Waals surface area contributed by atoms with Crippen molar-refractivity contribution < 1.29 is 9.53 Å². The van der Waals surface area contributed by atoms with Crippen molar-refractivity contribution in [3.05, 3.63) is 52.4 Å². The molecule has 1 amide bonds. The Balaban J connectivity index is 1.73. The zero-order valence-electron chi connectivity index (χ0n) is 15.6. The number of aromatic nitrogens is 2. The second-order valence-electron chi connectivity index (χ2n) is 7.40. The van der Waals surface area contributed by atoms with Gasteiger partial charge in [0.2, 0.25) is 0 Å². The van der Waals surface area contributed by atoms with Crippen LogP contribution in [0, 0.1) is 5.92 Å². The first-order valence-electron chi connectivity index (χ1n) is 9.74. The molecule has 2 fully saturated rings. The second-order valence-corrected chi connectivity index (χ2v) is 7.40. The van der Waals surface area contributed by atoms with Gasteiger partial charge >= 0.3 is 0 Å². The molecular weight excluding hydrogens is 342 g/mol. The number of methoxy groups -OCH3 is 1. The van der Waals surface area contributed by atoms with Crippen LogP contribution in [0.2, 0.25) is 0 Å². The third kappa shape index (κ3) is 3.36. The van der Waals surface area contributed by atoms with Gasteiger partial charge < -0.3 is 9.64 Å². The molecule has 0 radical (unpaired) electrons. The van der Waals surface area contributed by atoms with Crippen molar-refractivity contribution in [2.75, 3.05) is 13.7 Å². The van der Waals surface area contributed by atoms with E-state index in [0.717, 1.165) is 19.4 Å². The third-order valence-corrected chi connectivity index (χ3v) is 5.82. The van der Waals surface area contributed by atoms with Crippen molar-refractivity contribution in [1.29, 1.82) is 0 Å². The topological polar surface area (TPSA) is 64.4 Å². The van der Waals surface area contributed by atoms with Gasteiger partial charge in [-0.1, -0.05) is 31.0 Å². The van der Waals surface area contributed by atoms with Crippen molar-refractivity contribution in [3.8, 4) is 11.4 Å². The number of ether oxygens (including phenoxy) is 1. The third-order valence-electron chi connectivity index (χ3n) is 5.82. The zero-order valence-corrected chi connectivity index (χ0v) is 15.6. The Hall–Kier alpha value is -2.63. The number of hydrogen-bond acceptors (Lipinski definition) is 4. The van der Waals surface area contributed by atoms with Gasteiger partial charge in [-0.2, -0.15) is 9.78 Å². The summed E-state index contributed by atoms with van der Waals surface area (Å²) >= 11 is 0. The molecule has 27 heavy (non-hydrogen) atoms. The van der Waals surface area contributed by atoms with Gasteiger partial charge in [0.15, 0.2) is 11.4 Å². The van der Waals surface area contributed by atoms with Gasteiger partial charge in [0, 0.05) is 12.6 Å². The fraction of sp³-hybridized carbons (Fsp3) is 0.476. The molecule has 0 bridgehead atoms. The summed E-state index contributed by atoms with van der Waals surface area (Å²) in [5.74, 6) is 0.700. The monoisotopic (exact) mass is 367 g/mol. The maximum absolute atomic E-state index is 13.4. The SMILES string of the molecule is COc1cc(=O)n(-c2ccccc2)nc1C(=O)N1CCC[C@H]2CCCC[C@H]21. The molecule has 1 aromatic heterocycles. The van der Waals surface area contributed by atoms with E-state index in [2.05, 4.69) is 5.10 Å². The molecule has 142 valence electrons. The number of piperidine rings is 1. The molecule has 1 saturated heterocycles. The summed E-state index contributed by atoms with van der Waals surface area (Å²) in [6.07, 6.45) is 6.89. The van der Waals surface area contributed by atoms with Crippen molar-refractivity contribution in [1.82, 2.24) is 14.7 Å². The Bertz CT molecular complexity index is 876. The number of likely N-dealkylation sites (tertiary alicyclic amines) is 1. The molecule has 0 N–H and O–H groups in total. The van der Waals surface area contributed by atoms with Crippen LogP contribution >= 0.6 is 0 Å². The van der Waals surface area contributed by atoms with Crippen LogP contribution in [0.15, 0.2) is 41.2 Å². The highest BCUT2D eigenvalue weighted by Crippen LogP contribution is 2.36. The molecule has 0 unspecified atom stereocenters. The van der Waals surface area contributed by atoms with Crippen LogP contribution in [0.5, 0.6) is 5.75 Å². The summed E-state index contributed by atoms with van der Waals surface area (Å²) in [7, 11) is 1.47. The van der Waals surface area contributed by atoms with Crippen LogP contribution in [0.25, 0.3) is 5.69 Å². The smallest absolute Gasteiger partial charge is 0.278 e. The minimum Gasteiger partial charge on any atom is -0.494 e. The van der Waals surface area contributed by atoms with E-state index in [0.29, 0.717) is 11.6 Å². The van der Waals surface area contributed by atoms with Crippen LogP contribution in [0.1, 0.15) is 49.0 Å². The lowest BCUT2D eigenvalue weighted by Gasteiger charge is -2.44. The molecule has 2 aromatic rings. The van der Waals surface area contributed by atoms with E-state index in [1.54, 1.807) is 12.1 Å². The van der Waals surface area contributed by atoms with Crippen molar-refractivity contribution in [3.63, 3.8) is 0 Å². The minimum absolute atomic E-state index is 0.131.